The maximum atomic E-state index is 12.4. The highest BCUT2D eigenvalue weighted by Gasteiger charge is 2.15. The van der Waals surface area contributed by atoms with Gasteiger partial charge in [0.25, 0.3) is 5.91 Å². The minimum Gasteiger partial charge on any atom is -0.348 e. The van der Waals surface area contributed by atoms with Crippen molar-refractivity contribution in [3.8, 4) is 11.4 Å². The van der Waals surface area contributed by atoms with Crippen LogP contribution in [0.2, 0.25) is 0 Å². The molecule has 1 saturated heterocycles. The van der Waals surface area contributed by atoms with Crippen molar-refractivity contribution in [1.29, 1.82) is 0 Å². The molecule has 9 heteroatoms. The predicted octanol–water partition coefficient (Wildman–Crippen LogP) is 0.584. The van der Waals surface area contributed by atoms with Crippen molar-refractivity contribution in [3.63, 3.8) is 0 Å². The third kappa shape index (κ3) is 4.13. The Labute approximate surface area is 155 Å². The molecule has 0 unspecified atom stereocenters. The van der Waals surface area contributed by atoms with E-state index in [-0.39, 0.29) is 12.1 Å². The number of carbonyl (C=O) groups excluding carboxylic acids is 1. The first kappa shape index (κ1) is 17.2. The van der Waals surface area contributed by atoms with Gasteiger partial charge in [-0.05, 0) is 23.3 Å². The number of hydrogen-bond acceptors (Lipinski definition) is 8. The molecule has 0 spiro atoms. The summed E-state index contributed by atoms with van der Waals surface area (Å²) in [5.74, 6) is 0.336. The van der Waals surface area contributed by atoms with Crippen LogP contribution in [0.4, 0.5) is 0 Å². The molecule has 1 amide bonds. The van der Waals surface area contributed by atoms with E-state index in [4.69, 9.17) is 0 Å². The fourth-order valence-corrected chi connectivity index (χ4v) is 2.68. The maximum Gasteiger partial charge on any atom is 0.254 e. The quantitative estimate of drug-likeness (QED) is 0.448. The lowest BCUT2D eigenvalue weighted by atomic mass is 10.1. The summed E-state index contributed by atoms with van der Waals surface area (Å²) in [7, 11) is 0. The fraction of sp³-hybridized carbons (Fsp3) is 0.111. The normalized spacial score (nSPS) is 14.2. The van der Waals surface area contributed by atoms with E-state index in [1.807, 2.05) is 36.4 Å². The molecular formula is C18H18N8O. The topological polar surface area (TPSA) is 116 Å². The number of nitrogens with zero attached hydrogens (tertiary/aromatic N) is 3. The molecule has 5 N–H and O–H groups in total. The van der Waals surface area contributed by atoms with Crippen molar-refractivity contribution in [2.24, 2.45) is 0 Å². The van der Waals surface area contributed by atoms with Gasteiger partial charge in [0.15, 0.2) is 5.82 Å². The van der Waals surface area contributed by atoms with Crippen LogP contribution < -0.4 is 27.2 Å². The molecule has 1 aliphatic heterocycles. The molecule has 1 fully saturated rings. The molecule has 0 saturated carbocycles. The molecule has 9 nitrogen and oxygen atoms in total. The number of hydrazine groups is 3. The lowest BCUT2D eigenvalue weighted by Crippen LogP contribution is -2.33. The van der Waals surface area contributed by atoms with Crippen LogP contribution in [0.15, 0.2) is 61.2 Å². The molecule has 0 bridgehead atoms. The van der Waals surface area contributed by atoms with Crippen molar-refractivity contribution in [2.75, 3.05) is 0 Å². The minimum atomic E-state index is -0.220. The summed E-state index contributed by atoms with van der Waals surface area (Å²) in [6.07, 6.45) is 6.36. The van der Waals surface area contributed by atoms with E-state index in [1.54, 1.807) is 12.4 Å². The number of amides is 1. The number of aromatic nitrogens is 3. The minimum absolute atomic E-state index is 0.0465. The molecule has 1 aromatic carbocycles. The maximum absolute atomic E-state index is 12.4. The third-order valence-electron chi connectivity index (χ3n) is 4.09. The Morgan fingerprint density at radius 2 is 1.78 bits per heavy atom. The van der Waals surface area contributed by atoms with Gasteiger partial charge in [0, 0.05) is 36.9 Å². The predicted molar refractivity (Wildman–Crippen MR) is 98.2 cm³/mol. The molecule has 0 radical (unpaired) electrons. The van der Waals surface area contributed by atoms with Crippen molar-refractivity contribution in [1.82, 2.24) is 42.2 Å². The van der Waals surface area contributed by atoms with E-state index in [9.17, 15) is 4.79 Å². The second kappa shape index (κ2) is 7.98. The molecular weight excluding hydrogens is 344 g/mol. The van der Waals surface area contributed by atoms with Crippen molar-refractivity contribution in [3.05, 3.63) is 77.9 Å². The van der Waals surface area contributed by atoms with E-state index in [0.29, 0.717) is 17.9 Å². The molecule has 0 aliphatic carbocycles. The van der Waals surface area contributed by atoms with Gasteiger partial charge in [-0.3, -0.25) is 9.78 Å². The Bertz CT molecular complexity index is 910. The zero-order valence-corrected chi connectivity index (χ0v) is 14.3. The molecule has 136 valence electrons. The van der Waals surface area contributed by atoms with E-state index < -0.39 is 0 Å². The first-order chi connectivity index (χ1) is 13.3. The molecule has 3 heterocycles. The summed E-state index contributed by atoms with van der Waals surface area (Å²) < 4.78 is 0. The molecule has 27 heavy (non-hydrogen) atoms. The van der Waals surface area contributed by atoms with E-state index in [2.05, 4.69) is 42.2 Å². The molecule has 4 rings (SSSR count). The van der Waals surface area contributed by atoms with Gasteiger partial charge in [0.1, 0.15) is 6.17 Å². The smallest absolute Gasteiger partial charge is 0.254 e. The number of hydrogen-bond donors (Lipinski definition) is 5. The summed E-state index contributed by atoms with van der Waals surface area (Å²) in [4.78, 5) is 24.9. The van der Waals surface area contributed by atoms with Crippen LogP contribution in [0, 0.1) is 0 Å². The Balaban J connectivity index is 1.39. The van der Waals surface area contributed by atoms with E-state index in [1.165, 1.54) is 12.4 Å². The zero-order chi connectivity index (χ0) is 18.5. The molecule has 0 atom stereocenters. The summed E-state index contributed by atoms with van der Waals surface area (Å²) in [6, 6.07) is 11.6. The highest BCUT2D eigenvalue weighted by Crippen LogP contribution is 2.14. The van der Waals surface area contributed by atoms with Gasteiger partial charge in [-0.2, -0.15) is 11.1 Å². The highest BCUT2D eigenvalue weighted by atomic mass is 16.1. The Kier molecular flexibility index (Phi) is 5.08. The van der Waals surface area contributed by atoms with Gasteiger partial charge in [-0.15, -0.1) is 0 Å². The first-order valence-corrected chi connectivity index (χ1v) is 8.40. The van der Waals surface area contributed by atoms with Crippen LogP contribution in [-0.4, -0.2) is 20.9 Å². The Morgan fingerprint density at radius 1 is 1.04 bits per heavy atom. The van der Waals surface area contributed by atoms with E-state index >= 15 is 0 Å². The SMILES string of the molecule is O=C(NCc1cccc(C2NNNN2)c1)c1cnc(-c2ccncc2)nc1. The van der Waals surface area contributed by atoms with Gasteiger partial charge >= 0.3 is 0 Å². The number of nitrogens with one attached hydrogen (secondary N) is 5. The lowest BCUT2D eigenvalue weighted by Gasteiger charge is -2.11. The fourth-order valence-electron chi connectivity index (χ4n) is 2.68. The Morgan fingerprint density at radius 3 is 2.52 bits per heavy atom. The number of carbonyl (C=O) groups is 1. The van der Waals surface area contributed by atoms with Crippen LogP contribution in [0.25, 0.3) is 11.4 Å². The summed E-state index contributed by atoms with van der Waals surface area (Å²) in [5, 5.41) is 2.89. The second-order valence-corrected chi connectivity index (χ2v) is 5.93. The number of pyridine rings is 1. The second-order valence-electron chi connectivity index (χ2n) is 5.93. The molecule has 2 aromatic heterocycles. The summed E-state index contributed by atoms with van der Waals surface area (Å²) in [5.41, 5.74) is 14.9. The standard InChI is InChI=1S/C18H18N8O/c27-18(15-10-20-16(21-11-15)13-4-6-19-7-5-13)22-9-12-2-1-3-14(8-12)17-23-25-26-24-17/h1-8,10-11,17,23-26H,9H2,(H,22,27). The monoisotopic (exact) mass is 362 g/mol. The van der Waals surface area contributed by atoms with Gasteiger partial charge in [-0.1, -0.05) is 24.3 Å². The van der Waals surface area contributed by atoms with Crippen LogP contribution in [0.3, 0.4) is 0 Å². The van der Waals surface area contributed by atoms with Crippen LogP contribution in [0.1, 0.15) is 27.7 Å². The zero-order valence-electron chi connectivity index (χ0n) is 14.3. The summed E-state index contributed by atoms with van der Waals surface area (Å²) in [6.45, 7) is 0.409. The van der Waals surface area contributed by atoms with Crippen molar-refractivity contribution in [2.45, 2.75) is 12.7 Å². The first-order valence-electron chi connectivity index (χ1n) is 8.40. The van der Waals surface area contributed by atoms with Crippen LogP contribution in [0.5, 0.6) is 0 Å². The largest absolute Gasteiger partial charge is 0.348 e. The van der Waals surface area contributed by atoms with Gasteiger partial charge in [0.2, 0.25) is 0 Å². The molecule has 3 aromatic rings. The average Bonchev–Trinajstić information content (AvgIpc) is 3.28. The van der Waals surface area contributed by atoms with Gasteiger partial charge in [0.05, 0.1) is 5.56 Å². The molecule has 1 aliphatic rings. The van der Waals surface area contributed by atoms with Crippen molar-refractivity contribution < 1.29 is 4.79 Å². The average molecular weight is 362 g/mol. The summed E-state index contributed by atoms with van der Waals surface area (Å²) >= 11 is 0. The van der Waals surface area contributed by atoms with Gasteiger partial charge in [-0.25, -0.2) is 20.8 Å². The van der Waals surface area contributed by atoms with E-state index in [0.717, 1.165) is 16.7 Å². The van der Waals surface area contributed by atoms with Crippen LogP contribution in [-0.2, 0) is 6.54 Å². The number of benzene rings is 1. The van der Waals surface area contributed by atoms with Crippen LogP contribution >= 0.6 is 0 Å². The van der Waals surface area contributed by atoms with Gasteiger partial charge < -0.3 is 5.32 Å². The third-order valence-corrected chi connectivity index (χ3v) is 4.09. The van der Waals surface area contributed by atoms with Crippen molar-refractivity contribution >= 4 is 5.91 Å². The highest BCUT2D eigenvalue weighted by molar-refractivity contribution is 5.93. The Hall–Kier alpha value is -3.24. The number of rotatable bonds is 5. The lowest BCUT2D eigenvalue weighted by molar-refractivity contribution is 0.0950.